The first-order chi connectivity index (χ1) is 6.06. The molecule has 1 rings (SSSR count). The number of halogens is 2. The average molecular weight is 220 g/mol. The van der Waals surface area contributed by atoms with Crippen LogP contribution in [0.15, 0.2) is 12.1 Å². The van der Waals surface area contributed by atoms with Gasteiger partial charge in [-0.1, -0.05) is 23.2 Å². The van der Waals surface area contributed by atoms with Crippen LogP contribution in [0.5, 0.6) is 0 Å². The molecule has 0 aliphatic rings. The minimum Gasteiger partial charge on any atom is -0.465 e. The molecule has 2 N–H and O–H groups in total. The highest BCUT2D eigenvalue weighted by Gasteiger charge is 2.10. The van der Waals surface area contributed by atoms with Gasteiger partial charge in [0.25, 0.3) is 0 Å². The molecule has 0 aliphatic carbocycles. The Morgan fingerprint density at radius 1 is 1.38 bits per heavy atom. The number of nitrogens with two attached hydrogens (primary N) is 1. The monoisotopic (exact) mass is 219 g/mol. The van der Waals surface area contributed by atoms with Gasteiger partial charge in [0.05, 0.1) is 28.4 Å². The molecule has 0 heterocycles. The predicted molar refractivity (Wildman–Crippen MR) is 52.2 cm³/mol. The van der Waals surface area contributed by atoms with Gasteiger partial charge in [-0.05, 0) is 12.1 Å². The maximum atomic E-state index is 11.0. The van der Waals surface area contributed by atoms with E-state index in [1.54, 1.807) is 0 Å². The number of ether oxygens (including phenoxy) is 1. The van der Waals surface area contributed by atoms with Crippen molar-refractivity contribution in [2.75, 3.05) is 12.8 Å². The van der Waals surface area contributed by atoms with Crippen molar-refractivity contribution in [3.8, 4) is 0 Å². The van der Waals surface area contributed by atoms with Crippen molar-refractivity contribution >= 4 is 34.9 Å². The van der Waals surface area contributed by atoms with Gasteiger partial charge in [-0.25, -0.2) is 4.79 Å². The van der Waals surface area contributed by atoms with Gasteiger partial charge in [-0.3, -0.25) is 0 Å². The average Bonchev–Trinajstić information content (AvgIpc) is 2.12. The first-order valence-corrected chi connectivity index (χ1v) is 4.14. The first-order valence-electron chi connectivity index (χ1n) is 3.39. The summed E-state index contributed by atoms with van der Waals surface area (Å²) in [6.45, 7) is 0. The van der Waals surface area contributed by atoms with Crippen LogP contribution >= 0.6 is 23.2 Å². The number of hydrogen-bond acceptors (Lipinski definition) is 3. The largest absolute Gasteiger partial charge is 0.465 e. The summed E-state index contributed by atoms with van der Waals surface area (Å²) in [5, 5.41) is 0.487. The van der Waals surface area contributed by atoms with Gasteiger partial charge in [-0.2, -0.15) is 0 Å². The lowest BCUT2D eigenvalue weighted by atomic mass is 10.2. The number of methoxy groups -OCH3 is 1. The molecular weight excluding hydrogens is 213 g/mol. The lowest BCUT2D eigenvalue weighted by Gasteiger charge is -2.04. The molecule has 0 aliphatic heterocycles. The fourth-order valence-corrected chi connectivity index (χ4v) is 1.31. The molecule has 0 fully saturated rings. The molecule has 0 atom stereocenters. The Labute approximate surface area is 85.4 Å². The van der Waals surface area contributed by atoms with Gasteiger partial charge in [0, 0.05) is 0 Å². The van der Waals surface area contributed by atoms with Gasteiger partial charge in [-0.15, -0.1) is 0 Å². The van der Waals surface area contributed by atoms with Crippen LogP contribution in [0.2, 0.25) is 10.0 Å². The van der Waals surface area contributed by atoms with Crippen LogP contribution < -0.4 is 5.73 Å². The summed E-state index contributed by atoms with van der Waals surface area (Å²) in [5.41, 5.74) is 6.02. The van der Waals surface area contributed by atoms with E-state index in [1.807, 2.05) is 0 Å². The van der Waals surface area contributed by atoms with Gasteiger partial charge in [0.15, 0.2) is 0 Å². The fraction of sp³-hybridized carbons (Fsp3) is 0.125. The lowest BCUT2D eigenvalue weighted by Crippen LogP contribution is -2.02. The summed E-state index contributed by atoms with van der Waals surface area (Å²) in [7, 11) is 1.28. The maximum absolute atomic E-state index is 11.0. The Hall–Kier alpha value is -0.930. The van der Waals surface area contributed by atoms with Crippen molar-refractivity contribution in [2.45, 2.75) is 0 Å². The van der Waals surface area contributed by atoms with Crippen molar-refractivity contribution in [1.29, 1.82) is 0 Å². The molecule has 0 spiro atoms. The van der Waals surface area contributed by atoms with Crippen molar-refractivity contribution in [1.82, 2.24) is 0 Å². The highest BCUT2D eigenvalue weighted by molar-refractivity contribution is 6.39. The number of nitrogen functional groups attached to an aromatic ring is 1. The van der Waals surface area contributed by atoms with Crippen LogP contribution in [0.4, 0.5) is 5.69 Å². The van der Waals surface area contributed by atoms with Crippen molar-refractivity contribution < 1.29 is 9.53 Å². The normalized spacial score (nSPS) is 9.77. The first kappa shape index (κ1) is 10.2. The molecule has 0 unspecified atom stereocenters. The van der Waals surface area contributed by atoms with Crippen LogP contribution in [-0.2, 0) is 4.74 Å². The Balaban J connectivity index is 3.20. The molecule has 1 aromatic rings. The van der Waals surface area contributed by atoms with Gasteiger partial charge < -0.3 is 10.5 Å². The number of rotatable bonds is 1. The number of anilines is 1. The van der Waals surface area contributed by atoms with E-state index in [2.05, 4.69) is 4.74 Å². The summed E-state index contributed by atoms with van der Waals surface area (Å²) < 4.78 is 4.49. The summed E-state index contributed by atoms with van der Waals surface area (Å²) >= 11 is 11.4. The molecule has 0 aromatic heterocycles. The lowest BCUT2D eigenvalue weighted by molar-refractivity contribution is 0.0601. The number of carbonyl (C=O) groups is 1. The second-order valence-electron chi connectivity index (χ2n) is 2.35. The van der Waals surface area contributed by atoms with Crippen LogP contribution in [0.25, 0.3) is 0 Å². The van der Waals surface area contributed by atoms with E-state index in [0.29, 0.717) is 0 Å². The van der Waals surface area contributed by atoms with Crippen LogP contribution in [0.1, 0.15) is 10.4 Å². The number of benzene rings is 1. The Kier molecular flexibility index (Phi) is 3.01. The SMILES string of the molecule is COC(=O)c1cc(Cl)c(N)c(Cl)c1. The molecule has 0 radical (unpaired) electrons. The Bertz CT molecular complexity index is 329. The minimum atomic E-state index is -0.496. The summed E-state index contributed by atoms with van der Waals surface area (Å²) in [6, 6.07) is 2.82. The third kappa shape index (κ3) is 2.05. The second-order valence-corrected chi connectivity index (χ2v) is 3.16. The molecule has 1 aromatic carbocycles. The van der Waals surface area contributed by atoms with E-state index in [1.165, 1.54) is 19.2 Å². The molecule has 0 amide bonds. The Morgan fingerprint density at radius 2 is 1.85 bits per heavy atom. The number of hydrogen-bond donors (Lipinski definition) is 1. The van der Waals surface area contributed by atoms with Crippen LogP contribution in [-0.4, -0.2) is 13.1 Å². The highest BCUT2D eigenvalue weighted by atomic mass is 35.5. The fourth-order valence-electron chi connectivity index (χ4n) is 0.820. The number of carbonyl (C=O) groups excluding carboxylic acids is 1. The van der Waals surface area contributed by atoms with Crippen LogP contribution in [0, 0.1) is 0 Å². The zero-order chi connectivity index (χ0) is 10.0. The standard InChI is InChI=1S/C8H7Cl2NO2/c1-13-8(12)4-2-5(9)7(11)6(10)3-4/h2-3H,11H2,1H3. The van der Waals surface area contributed by atoms with E-state index in [9.17, 15) is 4.79 Å². The maximum Gasteiger partial charge on any atom is 0.337 e. The molecule has 13 heavy (non-hydrogen) atoms. The quantitative estimate of drug-likeness (QED) is 0.583. The zero-order valence-corrected chi connectivity index (χ0v) is 8.32. The number of esters is 1. The summed E-state index contributed by atoms with van der Waals surface area (Å²) in [4.78, 5) is 11.0. The smallest absolute Gasteiger partial charge is 0.337 e. The van der Waals surface area contributed by atoms with E-state index in [4.69, 9.17) is 28.9 Å². The molecular formula is C8H7Cl2NO2. The van der Waals surface area contributed by atoms with Crippen molar-refractivity contribution in [2.24, 2.45) is 0 Å². The summed E-state index contributed by atoms with van der Waals surface area (Å²) in [6.07, 6.45) is 0. The minimum absolute atomic E-state index is 0.243. The van der Waals surface area contributed by atoms with Crippen LogP contribution in [0.3, 0.4) is 0 Å². The van der Waals surface area contributed by atoms with Crippen molar-refractivity contribution in [3.05, 3.63) is 27.7 Å². The van der Waals surface area contributed by atoms with E-state index < -0.39 is 5.97 Å². The third-order valence-electron chi connectivity index (χ3n) is 1.50. The summed E-state index contributed by atoms with van der Waals surface area (Å²) in [5.74, 6) is -0.496. The molecule has 0 saturated carbocycles. The molecule has 0 saturated heterocycles. The zero-order valence-electron chi connectivity index (χ0n) is 6.80. The predicted octanol–water partition coefficient (Wildman–Crippen LogP) is 2.36. The van der Waals surface area contributed by atoms with E-state index in [-0.39, 0.29) is 21.3 Å². The van der Waals surface area contributed by atoms with Crippen molar-refractivity contribution in [3.63, 3.8) is 0 Å². The van der Waals surface area contributed by atoms with E-state index >= 15 is 0 Å². The third-order valence-corrected chi connectivity index (χ3v) is 2.13. The van der Waals surface area contributed by atoms with Gasteiger partial charge >= 0.3 is 5.97 Å². The second kappa shape index (κ2) is 3.85. The highest BCUT2D eigenvalue weighted by Crippen LogP contribution is 2.28. The molecule has 3 nitrogen and oxygen atoms in total. The van der Waals surface area contributed by atoms with E-state index in [0.717, 1.165) is 0 Å². The van der Waals surface area contributed by atoms with Gasteiger partial charge in [0.2, 0.25) is 0 Å². The van der Waals surface area contributed by atoms with Gasteiger partial charge in [0.1, 0.15) is 0 Å². The topological polar surface area (TPSA) is 52.3 Å². The molecule has 5 heteroatoms. The molecule has 0 bridgehead atoms. The Morgan fingerprint density at radius 3 is 2.23 bits per heavy atom. The molecule has 70 valence electrons.